The molecule has 16 heavy (non-hydrogen) atoms. The number of hydrogen-bond donors (Lipinski definition) is 1. The van der Waals surface area contributed by atoms with E-state index in [0.29, 0.717) is 18.8 Å². The molecule has 1 N–H and O–H groups in total. The summed E-state index contributed by atoms with van der Waals surface area (Å²) in [7, 11) is 0. The Labute approximate surface area is 93.9 Å². The molecule has 0 bridgehead atoms. The Kier molecular flexibility index (Phi) is 4.32. The second kappa shape index (κ2) is 5.75. The molecule has 1 aromatic rings. The zero-order chi connectivity index (χ0) is 12.0. The standard InChI is InChI=1S/C11H14N2O3/c1-3-8-12-9-6-5-7-10(16-4-2)11(9)13(14)15/h3,5-7,12H,1,4,8H2,2H3. The largest absolute Gasteiger partial charge is 0.487 e. The molecule has 0 aliphatic carbocycles. The Morgan fingerprint density at radius 2 is 2.38 bits per heavy atom. The van der Waals surface area contributed by atoms with Crippen LogP contribution in [-0.4, -0.2) is 18.1 Å². The van der Waals surface area contributed by atoms with Crippen molar-refractivity contribution in [1.29, 1.82) is 0 Å². The Morgan fingerprint density at radius 3 is 2.94 bits per heavy atom. The fourth-order valence-electron chi connectivity index (χ4n) is 1.31. The maximum Gasteiger partial charge on any atom is 0.333 e. The van der Waals surface area contributed by atoms with Crippen LogP contribution in [0.2, 0.25) is 0 Å². The number of nitrogens with one attached hydrogen (secondary N) is 1. The Hall–Kier alpha value is -2.04. The number of nitro benzene ring substituents is 1. The van der Waals surface area contributed by atoms with E-state index < -0.39 is 4.92 Å². The van der Waals surface area contributed by atoms with Crippen LogP contribution in [0.15, 0.2) is 30.9 Å². The Morgan fingerprint density at radius 1 is 1.62 bits per heavy atom. The second-order valence-corrected chi connectivity index (χ2v) is 3.01. The molecule has 0 saturated carbocycles. The fraction of sp³-hybridized carbons (Fsp3) is 0.273. The van der Waals surface area contributed by atoms with E-state index in [2.05, 4.69) is 11.9 Å². The van der Waals surface area contributed by atoms with Crippen LogP contribution in [0.1, 0.15) is 6.92 Å². The number of nitro groups is 1. The van der Waals surface area contributed by atoms with Gasteiger partial charge in [-0.15, -0.1) is 6.58 Å². The van der Waals surface area contributed by atoms with Crippen LogP contribution in [0.5, 0.6) is 5.75 Å². The zero-order valence-electron chi connectivity index (χ0n) is 9.10. The van der Waals surface area contributed by atoms with E-state index >= 15 is 0 Å². The van der Waals surface area contributed by atoms with Gasteiger partial charge < -0.3 is 10.1 Å². The summed E-state index contributed by atoms with van der Waals surface area (Å²) in [5.41, 5.74) is 0.405. The van der Waals surface area contributed by atoms with Crippen molar-refractivity contribution in [2.24, 2.45) is 0 Å². The first-order valence-corrected chi connectivity index (χ1v) is 4.95. The molecule has 0 unspecified atom stereocenters. The van der Waals surface area contributed by atoms with Gasteiger partial charge in [0.25, 0.3) is 0 Å². The third kappa shape index (κ3) is 2.73. The van der Waals surface area contributed by atoms with Gasteiger partial charge in [0.2, 0.25) is 0 Å². The van der Waals surface area contributed by atoms with Crippen LogP contribution in [0, 0.1) is 10.1 Å². The number of rotatable bonds is 6. The first kappa shape index (κ1) is 12.0. The average Bonchev–Trinajstić information content (AvgIpc) is 2.26. The van der Waals surface area contributed by atoms with E-state index in [0.717, 1.165) is 0 Å². The molecule has 0 atom stereocenters. The van der Waals surface area contributed by atoms with Crippen LogP contribution in [0.3, 0.4) is 0 Å². The van der Waals surface area contributed by atoms with Crippen LogP contribution >= 0.6 is 0 Å². The topological polar surface area (TPSA) is 64.4 Å². The highest BCUT2D eigenvalue weighted by atomic mass is 16.6. The summed E-state index contributed by atoms with van der Waals surface area (Å²) >= 11 is 0. The first-order chi connectivity index (χ1) is 7.70. The number of nitrogens with zero attached hydrogens (tertiary/aromatic N) is 1. The highest BCUT2D eigenvalue weighted by Gasteiger charge is 2.20. The highest BCUT2D eigenvalue weighted by molar-refractivity contribution is 5.68. The minimum atomic E-state index is -0.448. The highest BCUT2D eigenvalue weighted by Crippen LogP contribution is 2.34. The lowest BCUT2D eigenvalue weighted by atomic mass is 10.2. The van der Waals surface area contributed by atoms with Crippen LogP contribution in [-0.2, 0) is 0 Å². The molecule has 1 aromatic carbocycles. The number of benzene rings is 1. The van der Waals surface area contributed by atoms with Gasteiger partial charge >= 0.3 is 5.69 Å². The van der Waals surface area contributed by atoms with Gasteiger partial charge in [-0.2, -0.15) is 0 Å². The van der Waals surface area contributed by atoms with Crippen LogP contribution < -0.4 is 10.1 Å². The van der Waals surface area contributed by atoms with E-state index in [1.807, 2.05) is 0 Å². The van der Waals surface area contributed by atoms with E-state index in [4.69, 9.17) is 4.74 Å². The van der Waals surface area contributed by atoms with Crippen molar-refractivity contribution < 1.29 is 9.66 Å². The van der Waals surface area contributed by atoms with Gasteiger partial charge in [0.1, 0.15) is 5.69 Å². The van der Waals surface area contributed by atoms with Gasteiger partial charge in [0.05, 0.1) is 11.5 Å². The van der Waals surface area contributed by atoms with Gasteiger partial charge in [0.15, 0.2) is 5.75 Å². The van der Waals surface area contributed by atoms with Crippen molar-refractivity contribution >= 4 is 11.4 Å². The summed E-state index contributed by atoms with van der Waals surface area (Å²) in [5.74, 6) is 0.279. The first-order valence-electron chi connectivity index (χ1n) is 4.95. The van der Waals surface area contributed by atoms with E-state index in [-0.39, 0.29) is 11.4 Å². The van der Waals surface area contributed by atoms with Gasteiger partial charge in [-0.05, 0) is 19.1 Å². The normalized spacial score (nSPS) is 9.56. The molecule has 1 rings (SSSR count). The molecule has 0 radical (unpaired) electrons. The third-order valence-electron chi connectivity index (χ3n) is 1.92. The van der Waals surface area contributed by atoms with Crippen LogP contribution in [0.25, 0.3) is 0 Å². The maximum absolute atomic E-state index is 10.9. The van der Waals surface area contributed by atoms with Crippen molar-refractivity contribution in [3.63, 3.8) is 0 Å². The van der Waals surface area contributed by atoms with Gasteiger partial charge in [0, 0.05) is 6.54 Å². The number of para-hydroxylation sites is 1. The molecule has 0 spiro atoms. The molecule has 5 heteroatoms. The molecule has 0 heterocycles. The summed E-state index contributed by atoms with van der Waals surface area (Å²) < 4.78 is 5.21. The SMILES string of the molecule is C=CCNc1cccc(OCC)c1[N+](=O)[O-]. The van der Waals surface area contributed by atoms with Crippen molar-refractivity contribution in [2.45, 2.75) is 6.92 Å². The quantitative estimate of drug-likeness (QED) is 0.456. The van der Waals surface area contributed by atoms with Crippen LogP contribution in [0.4, 0.5) is 11.4 Å². The molecule has 86 valence electrons. The summed E-state index contributed by atoms with van der Waals surface area (Å²) in [6.07, 6.45) is 1.64. The van der Waals surface area contributed by atoms with E-state index in [1.165, 1.54) is 0 Å². The maximum atomic E-state index is 10.9. The molecular weight excluding hydrogens is 208 g/mol. The van der Waals surface area contributed by atoms with Gasteiger partial charge in [-0.25, -0.2) is 0 Å². The minimum absolute atomic E-state index is 0.0359. The Balaban J connectivity index is 3.10. The van der Waals surface area contributed by atoms with Gasteiger partial charge in [-0.1, -0.05) is 12.1 Å². The molecule has 0 amide bonds. The lowest BCUT2D eigenvalue weighted by Gasteiger charge is -2.08. The molecule has 0 saturated heterocycles. The number of hydrogen-bond acceptors (Lipinski definition) is 4. The van der Waals surface area contributed by atoms with Gasteiger partial charge in [-0.3, -0.25) is 10.1 Å². The Bertz CT molecular complexity index is 391. The van der Waals surface area contributed by atoms with Crippen molar-refractivity contribution in [3.05, 3.63) is 41.0 Å². The van der Waals surface area contributed by atoms with Crippen molar-refractivity contribution in [3.8, 4) is 5.75 Å². The lowest BCUT2D eigenvalue weighted by molar-refractivity contribution is -0.384. The predicted molar refractivity (Wildman–Crippen MR) is 63.0 cm³/mol. The lowest BCUT2D eigenvalue weighted by Crippen LogP contribution is -2.04. The molecule has 0 aliphatic rings. The summed E-state index contributed by atoms with van der Waals surface area (Å²) in [5, 5.41) is 13.8. The second-order valence-electron chi connectivity index (χ2n) is 3.01. The zero-order valence-corrected chi connectivity index (χ0v) is 9.10. The predicted octanol–water partition coefficient (Wildman–Crippen LogP) is 2.59. The summed E-state index contributed by atoms with van der Waals surface area (Å²) in [4.78, 5) is 10.5. The van der Waals surface area contributed by atoms with E-state index in [9.17, 15) is 10.1 Å². The molecule has 0 fully saturated rings. The van der Waals surface area contributed by atoms with Crippen molar-refractivity contribution in [1.82, 2.24) is 0 Å². The fourth-order valence-corrected chi connectivity index (χ4v) is 1.31. The molecule has 0 aliphatic heterocycles. The molecule has 5 nitrogen and oxygen atoms in total. The summed E-state index contributed by atoms with van der Waals surface area (Å²) in [6, 6.07) is 4.94. The van der Waals surface area contributed by atoms with E-state index in [1.54, 1.807) is 31.2 Å². The number of anilines is 1. The minimum Gasteiger partial charge on any atom is -0.487 e. The monoisotopic (exact) mass is 222 g/mol. The third-order valence-corrected chi connectivity index (χ3v) is 1.92. The smallest absolute Gasteiger partial charge is 0.333 e. The molecular formula is C11H14N2O3. The average molecular weight is 222 g/mol. The molecule has 0 aromatic heterocycles. The number of ether oxygens (including phenoxy) is 1. The van der Waals surface area contributed by atoms with Crippen molar-refractivity contribution in [2.75, 3.05) is 18.5 Å². The summed E-state index contributed by atoms with van der Waals surface area (Å²) in [6.45, 7) is 6.19.